The van der Waals surface area contributed by atoms with E-state index in [2.05, 4.69) is 116 Å². The van der Waals surface area contributed by atoms with E-state index in [0.717, 1.165) is 57.1 Å². The number of piperazine rings is 2. The Balaban J connectivity index is 0.000000170. The topological polar surface area (TPSA) is 90.9 Å². The number of hydrogen-bond acceptors (Lipinski definition) is 8. The van der Waals surface area contributed by atoms with Crippen molar-refractivity contribution in [3.63, 3.8) is 0 Å². The molecule has 4 heterocycles. The zero-order valence-corrected chi connectivity index (χ0v) is 22.5. The van der Waals surface area contributed by atoms with Gasteiger partial charge in [-0.2, -0.15) is 0 Å². The zero-order chi connectivity index (χ0) is 21.1. The van der Waals surface area contributed by atoms with E-state index in [1.165, 1.54) is 0 Å². The van der Waals surface area contributed by atoms with Gasteiger partial charge in [0.25, 0.3) is 0 Å². The molecule has 2 aliphatic heterocycles. The van der Waals surface area contributed by atoms with Crippen molar-refractivity contribution in [3.05, 3.63) is 36.8 Å². The Morgan fingerprint density at radius 3 is 2.03 bits per heavy atom. The van der Waals surface area contributed by atoms with Crippen LogP contribution in [0, 0.1) is 7.40 Å². The van der Waals surface area contributed by atoms with Gasteiger partial charge in [0.2, 0.25) is 0 Å². The summed E-state index contributed by atoms with van der Waals surface area (Å²) in [5.74, 6) is 0.985. The lowest BCUT2D eigenvalue weighted by Gasteiger charge is -2.32. The Morgan fingerprint density at radius 2 is 1.59 bits per heavy atom. The molecule has 0 spiro atoms. The molecule has 160 valence electrons. The summed E-state index contributed by atoms with van der Waals surface area (Å²) >= 11 is 7.44. The minimum Gasteiger partial charge on any atom is -0.353 e. The van der Waals surface area contributed by atoms with E-state index in [0.29, 0.717) is 12.1 Å². The molecular weight excluding hydrogens is 662 g/mol. The van der Waals surface area contributed by atoms with Crippen molar-refractivity contribution in [2.24, 2.45) is 0 Å². The molecule has 2 saturated heterocycles. The number of anilines is 1. The standard InChI is InChI=1S/C9H13IN4.C5H12N2.C4H2BrIN2/c1-7-6-14(3-2-11-7)9-5-12-8(10)4-13-9;1-5-4-6-2-3-7-5;5-3-1-8-4(6)2-7-3/h4-5,7,11H,2-3,6H2,1H3;5-7H,2-4H2,1H3;1-2H/t7-;5-;/m11./s1. The van der Waals surface area contributed by atoms with Gasteiger partial charge in [0.05, 0.1) is 24.8 Å². The Bertz CT molecular complexity index is 677. The SMILES string of the molecule is Brc1cnc(I)cn1.C[C@@H]1CN(c2cnc(I)cn2)CCN1.C[C@@H]1CNCCN1. The monoisotopic (exact) mass is 688 g/mol. The predicted octanol–water partition coefficient (Wildman–Crippen LogP) is 2.29. The van der Waals surface area contributed by atoms with Crippen LogP contribution in [-0.4, -0.2) is 71.3 Å². The Morgan fingerprint density at radius 1 is 0.897 bits per heavy atom. The van der Waals surface area contributed by atoms with E-state index in [4.69, 9.17) is 0 Å². The first-order valence-corrected chi connectivity index (χ1v) is 12.4. The third-order valence-corrected chi connectivity index (χ3v) is 5.66. The maximum Gasteiger partial charge on any atom is 0.147 e. The van der Waals surface area contributed by atoms with Gasteiger partial charge in [-0.3, -0.25) is 0 Å². The molecule has 0 amide bonds. The average molecular weight is 689 g/mol. The summed E-state index contributed by atoms with van der Waals surface area (Å²) in [7, 11) is 0. The van der Waals surface area contributed by atoms with Crippen LogP contribution in [0.25, 0.3) is 0 Å². The number of aromatic nitrogens is 4. The normalized spacial score (nSPS) is 21.3. The van der Waals surface area contributed by atoms with Crippen LogP contribution >= 0.6 is 61.1 Å². The van der Waals surface area contributed by atoms with Gasteiger partial charge in [-0.25, -0.2) is 19.9 Å². The molecule has 2 fully saturated rings. The highest BCUT2D eigenvalue weighted by Gasteiger charge is 2.16. The summed E-state index contributed by atoms with van der Waals surface area (Å²) in [5.41, 5.74) is 0. The third-order valence-electron chi connectivity index (χ3n) is 4.13. The fourth-order valence-electron chi connectivity index (χ4n) is 2.70. The van der Waals surface area contributed by atoms with Crippen molar-refractivity contribution in [2.75, 3.05) is 44.2 Å². The quantitative estimate of drug-likeness (QED) is 0.394. The number of halogens is 3. The van der Waals surface area contributed by atoms with Crippen LogP contribution in [0.15, 0.2) is 29.4 Å². The highest BCUT2D eigenvalue weighted by molar-refractivity contribution is 14.1. The summed E-state index contributed by atoms with van der Waals surface area (Å²) in [4.78, 5) is 18.8. The molecule has 0 bridgehead atoms. The first kappa shape index (κ1) is 25.0. The first-order chi connectivity index (χ1) is 13.9. The largest absolute Gasteiger partial charge is 0.353 e. The van der Waals surface area contributed by atoms with Crippen LogP contribution in [-0.2, 0) is 0 Å². The molecule has 0 aliphatic carbocycles. The van der Waals surface area contributed by atoms with Crippen molar-refractivity contribution in [3.8, 4) is 0 Å². The van der Waals surface area contributed by atoms with Crippen molar-refractivity contribution in [1.29, 1.82) is 0 Å². The number of nitrogens with zero attached hydrogens (tertiary/aromatic N) is 5. The molecule has 8 nitrogen and oxygen atoms in total. The Hall–Kier alpha value is -0.220. The predicted molar refractivity (Wildman–Crippen MR) is 137 cm³/mol. The average Bonchev–Trinajstić information content (AvgIpc) is 2.72. The molecule has 2 aromatic heterocycles. The molecule has 0 radical (unpaired) electrons. The molecule has 0 saturated carbocycles. The van der Waals surface area contributed by atoms with Crippen LogP contribution < -0.4 is 20.9 Å². The molecule has 3 N–H and O–H groups in total. The van der Waals surface area contributed by atoms with Crippen LogP contribution in [0.5, 0.6) is 0 Å². The van der Waals surface area contributed by atoms with E-state index in [-0.39, 0.29) is 0 Å². The lowest BCUT2D eigenvalue weighted by atomic mass is 10.2. The van der Waals surface area contributed by atoms with Crippen molar-refractivity contribution < 1.29 is 0 Å². The van der Waals surface area contributed by atoms with Crippen LogP contribution in [0.2, 0.25) is 0 Å². The van der Waals surface area contributed by atoms with Gasteiger partial charge in [0.15, 0.2) is 0 Å². The number of hydrogen-bond donors (Lipinski definition) is 3. The molecule has 2 atom stereocenters. The van der Waals surface area contributed by atoms with Gasteiger partial charge < -0.3 is 20.9 Å². The summed E-state index contributed by atoms with van der Waals surface area (Å²) in [6.07, 6.45) is 7.02. The van der Waals surface area contributed by atoms with E-state index in [9.17, 15) is 0 Å². The third kappa shape index (κ3) is 10.6. The maximum atomic E-state index is 4.36. The maximum absolute atomic E-state index is 4.36. The van der Waals surface area contributed by atoms with E-state index in [1.54, 1.807) is 12.4 Å². The lowest BCUT2D eigenvalue weighted by molar-refractivity contribution is 0.442. The van der Waals surface area contributed by atoms with E-state index in [1.807, 2.05) is 12.4 Å². The van der Waals surface area contributed by atoms with Gasteiger partial charge in [-0.15, -0.1) is 0 Å². The smallest absolute Gasteiger partial charge is 0.147 e. The number of rotatable bonds is 1. The molecule has 0 aromatic carbocycles. The fourth-order valence-corrected chi connectivity index (χ4v) is 3.47. The molecule has 2 aromatic rings. The van der Waals surface area contributed by atoms with Gasteiger partial charge in [-0.05, 0) is 75.0 Å². The van der Waals surface area contributed by atoms with Gasteiger partial charge >= 0.3 is 0 Å². The second-order valence-corrected chi connectivity index (χ2v) is 9.74. The molecule has 11 heteroatoms. The molecular formula is C18H27BrI2N8. The minimum atomic E-state index is 0.532. The second-order valence-electron chi connectivity index (χ2n) is 6.72. The Labute approximate surface area is 208 Å². The van der Waals surface area contributed by atoms with E-state index >= 15 is 0 Å². The Kier molecular flexibility index (Phi) is 12.1. The highest BCUT2D eigenvalue weighted by Crippen LogP contribution is 2.12. The van der Waals surface area contributed by atoms with Gasteiger partial charge in [0, 0.05) is 51.4 Å². The summed E-state index contributed by atoms with van der Waals surface area (Å²) < 4.78 is 2.62. The lowest BCUT2D eigenvalue weighted by Crippen LogP contribution is -2.49. The molecule has 4 rings (SSSR count). The van der Waals surface area contributed by atoms with E-state index < -0.39 is 0 Å². The molecule has 0 unspecified atom stereocenters. The second kappa shape index (κ2) is 14.0. The van der Waals surface area contributed by atoms with Crippen molar-refractivity contribution in [1.82, 2.24) is 35.9 Å². The molecule has 2 aliphatic rings. The minimum absolute atomic E-state index is 0.532. The van der Waals surface area contributed by atoms with Crippen LogP contribution in [0.4, 0.5) is 5.82 Å². The van der Waals surface area contributed by atoms with Crippen LogP contribution in [0.3, 0.4) is 0 Å². The molecule has 29 heavy (non-hydrogen) atoms. The summed E-state index contributed by atoms with van der Waals surface area (Å²) in [5, 5.41) is 9.99. The van der Waals surface area contributed by atoms with Gasteiger partial charge in [-0.1, -0.05) is 0 Å². The summed E-state index contributed by atoms with van der Waals surface area (Å²) in [6.45, 7) is 10.8. The summed E-state index contributed by atoms with van der Waals surface area (Å²) in [6, 6.07) is 1.21. The van der Waals surface area contributed by atoms with Crippen LogP contribution in [0.1, 0.15) is 13.8 Å². The zero-order valence-electron chi connectivity index (χ0n) is 16.6. The number of nitrogens with one attached hydrogen (secondary N) is 3. The first-order valence-electron chi connectivity index (χ1n) is 9.47. The van der Waals surface area contributed by atoms with Crippen molar-refractivity contribution in [2.45, 2.75) is 25.9 Å². The fraction of sp³-hybridized carbons (Fsp3) is 0.556. The van der Waals surface area contributed by atoms with Crippen molar-refractivity contribution >= 4 is 66.9 Å². The highest BCUT2D eigenvalue weighted by atomic mass is 127. The van der Waals surface area contributed by atoms with Gasteiger partial charge in [0.1, 0.15) is 17.8 Å².